The van der Waals surface area contributed by atoms with Gasteiger partial charge in [-0.2, -0.15) is 4.31 Å². The summed E-state index contributed by atoms with van der Waals surface area (Å²) in [6, 6.07) is 4.31. The lowest BCUT2D eigenvalue weighted by atomic mass is 10.2. The van der Waals surface area contributed by atoms with Crippen molar-refractivity contribution in [2.24, 2.45) is 0 Å². The minimum Gasteiger partial charge on any atom is -0.376 e. The number of nitrogens with zero attached hydrogens (tertiary/aromatic N) is 3. The van der Waals surface area contributed by atoms with E-state index in [4.69, 9.17) is 0 Å². The molecule has 170 valence electrons. The van der Waals surface area contributed by atoms with Crippen molar-refractivity contribution >= 4 is 45.0 Å². The summed E-state index contributed by atoms with van der Waals surface area (Å²) in [5.41, 5.74) is 1.16. The van der Waals surface area contributed by atoms with Crippen LogP contribution in [0, 0.1) is 0 Å². The number of fused-ring (bicyclic) bond motifs is 1. The third-order valence-electron chi connectivity index (χ3n) is 6.41. The molecule has 3 heterocycles. The van der Waals surface area contributed by atoms with Crippen molar-refractivity contribution in [3.05, 3.63) is 18.2 Å². The van der Waals surface area contributed by atoms with Crippen molar-refractivity contribution in [3.63, 3.8) is 0 Å². The normalized spacial score (nSPS) is 26.7. The number of sulfonamides is 1. The van der Waals surface area contributed by atoms with Gasteiger partial charge in [-0.1, -0.05) is 6.42 Å². The summed E-state index contributed by atoms with van der Waals surface area (Å²) in [5.74, 6) is 0.265. The van der Waals surface area contributed by atoms with E-state index in [0.29, 0.717) is 36.6 Å². The maximum absolute atomic E-state index is 13.2. The molecule has 0 bridgehead atoms. The molecule has 1 N–H and O–H groups in total. The number of rotatable bonds is 5. The van der Waals surface area contributed by atoms with Crippen LogP contribution in [0.15, 0.2) is 23.1 Å². The monoisotopic (exact) mass is 466 g/mol. The highest BCUT2D eigenvalue weighted by atomic mass is 32.2. The lowest BCUT2D eigenvalue weighted by Crippen LogP contribution is -2.48. The Kier molecular flexibility index (Phi) is 5.99. The van der Waals surface area contributed by atoms with Gasteiger partial charge in [0.1, 0.15) is 6.04 Å². The van der Waals surface area contributed by atoms with Crippen LogP contribution in [0.4, 0.5) is 11.4 Å². The second kappa shape index (κ2) is 8.29. The zero-order chi connectivity index (χ0) is 22.4. The van der Waals surface area contributed by atoms with Crippen molar-refractivity contribution < 1.29 is 18.0 Å². The maximum Gasteiger partial charge on any atom is 0.248 e. The predicted molar refractivity (Wildman–Crippen MR) is 123 cm³/mol. The molecule has 0 aliphatic carbocycles. The molecule has 3 aliphatic heterocycles. The average molecular weight is 467 g/mol. The standard InChI is InChI=1S/C21H30N4O4S2/c1-21-10-9-19(26)25(21)18(14-30-21)20(27)22-16-13-15(7-8-17(16)23(2)3)31(28,29)24-11-5-4-6-12-24/h7-8,13,18H,4-6,9-12,14H2,1-3H3,(H,22,27)/t18-,21-/m1/s1. The van der Waals surface area contributed by atoms with Crippen LogP contribution in [0.1, 0.15) is 39.0 Å². The number of carbonyl (C=O) groups excluding carboxylic acids is 2. The van der Waals surface area contributed by atoms with Gasteiger partial charge in [0.05, 0.1) is 21.1 Å². The number of anilines is 2. The predicted octanol–water partition coefficient (Wildman–Crippen LogP) is 2.32. The Labute approximate surface area is 188 Å². The SMILES string of the molecule is CN(C)c1ccc(S(=O)(=O)N2CCCCC2)cc1NC(=O)[C@H]1CS[C@]2(C)CCC(=O)N12. The topological polar surface area (TPSA) is 90.0 Å². The number of piperidine rings is 1. The summed E-state index contributed by atoms with van der Waals surface area (Å²) in [5, 5.41) is 2.93. The molecular formula is C21H30N4O4S2. The molecular weight excluding hydrogens is 436 g/mol. The summed E-state index contributed by atoms with van der Waals surface area (Å²) in [4.78, 5) is 29.0. The molecule has 10 heteroatoms. The quantitative estimate of drug-likeness (QED) is 0.716. The van der Waals surface area contributed by atoms with Gasteiger partial charge in [-0.3, -0.25) is 9.59 Å². The highest BCUT2D eigenvalue weighted by Crippen LogP contribution is 2.47. The number of carbonyl (C=O) groups is 2. The number of hydrogen-bond donors (Lipinski definition) is 1. The van der Waals surface area contributed by atoms with E-state index in [9.17, 15) is 18.0 Å². The molecule has 2 atom stereocenters. The van der Waals surface area contributed by atoms with E-state index in [-0.39, 0.29) is 21.6 Å². The second-order valence-electron chi connectivity index (χ2n) is 8.79. The number of thioether (sulfide) groups is 1. The van der Waals surface area contributed by atoms with Crippen LogP contribution in [0.25, 0.3) is 0 Å². The van der Waals surface area contributed by atoms with Gasteiger partial charge in [0.25, 0.3) is 0 Å². The van der Waals surface area contributed by atoms with Gasteiger partial charge in [-0.05, 0) is 44.4 Å². The lowest BCUT2D eigenvalue weighted by molar-refractivity contribution is -0.135. The van der Waals surface area contributed by atoms with Gasteiger partial charge >= 0.3 is 0 Å². The summed E-state index contributed by atoms with van der Waals surface area (Å²) in [7, 11) is 0.0673. The second-order valence-corrected chi connectivity index (χ2v) is 12.2. The van der Waals surface area contributed by atoms with E-state index >= 15 is 0 Å². The minimum atomic E-state index is -3.62. The number of hydrogen-bond acceptors (Lipinski definition) is 6. The molecule has 0 spiro atoms. The first-order valence-electron chi connectivity index (χ1n) is 10.7. The molecule has 2 amide bonds. The zero-order valence-corrected chi connectivity index (χ0v) is 19.9. The minimum absolute atomic E-state index is 0.00177. The Hall–Kier alpha value is -1.78. The average Bonchev–Trinajstić information content (AvgIpc) is 3.24. The van der Waals surface area contributed by atoms with Crippen LogP contribution in [-0.2, 0) is 19.6 Å². The van der Waals surface area contributed by atoms with Gasteiger partial charge in [0, 0.05) is 39.4 Å². The molecule has 4 rings (SSSR count). The van der Waals surface area contributed by atoms with E-state index in [1.165, 1.54) is 4.31 Å². The summed E-state index contributed by atoms with van der Waals surface area (Å²) in [6.45, 7) is 3.05. The Morgan fingerprint density at radius 3 is 2.61 bits per heavy atom. The Morgan fingerprint density at radius 2 is 1.94 bits per heavy atom. The smallest absolute Gasteiger partial charge is 0.248 e. The van der Waals surface area contributed by atoms with E-state index < -0.39 is 16.1 Å². The Bertz CT molecular complexity index is 991. The van der Waals surface area contributed by atoms with Crippen LogP contribution in [-0.4, -0.2) is 73.3 Å². The highest BCUT2D eigenvalue weighted by Gasteiger charge is 2.53. The van der Waals surface area contributed by atoms with Gasteiger partial charge in [-0.25, -0.2) is 8.42 Å². The first-order chi connectivity index (χ1) is 14.6. The summed E-state index contributed by atoms with van der Waals surface area (Å²) >= 11 is 1.63. The fourth-order valence-corrected chi connectivity index (χ4v) is 7.63. The molecule has 31 heavy (non-hydrogen) atoms. The molecule has 0 radical (unpaired) electrons. The first kappa shape index (κ1) is 22.4. The van der Waals surface area contributed by atoms with Crippen LogP contribution in [0.2, 0.25) is 0 Å². The molecule has 3 fully saturated rings. The van der Waals surface area contributed by atoms with Gasteiger partial charge in [-0.15, -0.1) is 11.8 Å². The maximum atomic E-state index is 13.2. The van der Waals surface area contributed by atoms with E-state index in [1.54, 1.807) is 34.9 Å². The molecule has 1 aromatic carbocycles. The Morgan fingerprint density at radius 1 is 1.23 bits per heavy atom. The Balaban J connectivity index is 1.62. The van der Waals surface area contributed by atoms with E-state index in [1.807, 2.05) is 25.9 Å². The van der Waals surface area contributed by atoms with E-state index in [0.717, 1.165) is 25.7 Å². The summed E-state index contributed by atoms with van der Waals surface area (Å²) in [6.07, 6.45) is 3.97. The van der Waals surface area contributed by atoms with Crippen molar-refractivity contribution in [3.8, 4) is 0 Å². The molecule has 3 saturated heterocycles. The van der Waals surface area contributed by atoms with Crippen molar-refractivity contribution in [1.29, 1.82) is 0 Å². The summed E-state index contributed by atoms with van der Waals surface area (Å²) < 4.78 is 27.8. The van der Waals surface area contributed by atoms with Crippen molar-refractivity contribution in [1.82, 2.24) is 9.21 Å². The highest BCUT2D eigenvalue weighted by molar-refractivity contribution is 8.01. The molecule has 8 nitrogen and oxygen atoms in total. The largest absolute Gasteiger partial charge is 0.376 e. The lowest BCUT2D eigenvalue weighted by Gasteiger charge is -2.30. The zero-order valence-electron chi connectivity index (χ0n) is 18.3. The van der Waals surface area contributed by atoms with Crippen LogP contribution in [0.3, 0.4) is 0 Å². The molecule has 1 aromatic rings. The number of nitrogens with one attached hydrogen (secondary N) is 1. The third-order valence-corrected chi connectivity index (χ3v) is 9.81. The van der Waals surface area contributed by atoms with Crippen LogP contribution >= 0.6 is 11.8 Å². The third kappa shape index (κ3) is 4.05. The first-order valence-corrected chi connectivity index (χ1v) is 13.1. The molecule has 0 aromatic heterocycles. The van der Waals surface area contributed by atoms with Crippen molar-refractivity contribution in [2.75, 3.05) is 43.2 Å². The molecule has 0 unspecified atom stereocenters. The molecule has 0 saturated carbocycles. The van der Waals surface area contributed by atoms with Crippen LogP contribution in [0.5, 0.6) is 0 Å². The molecule has 3 aliphatic rings. The van der Waals surface area contributed by atoms with Gasteiger partial charge in [0.2, 0.25) is 21.8 Å². The number of amides is 2. The fraction of sp³-hybridized carbons (Fsp3) is 0.619. The number of benzene rings is 1. The van der Waals surface area contributed by atoms with Gasteiger partial charge < -0.3 is 15.1 Å². The van der Waals surface area contributed by atoms with Crippen molar-refractivity contribution in [2.45, 2.75) is 54.8 Å². The van der Waals surface area contributed by atoms with E-state index in [2.05, 4.69) is 5.32 Å². The van der Waals surface area contributed by atoms with Gasteiger partial charge in [0.15, 0.2) is 0 Å². The fourth-order valence-electron chi connectivity index (χ4n) is 4.65. The van der Waals surface area contributed by atoms with Crippen LogP contribution < -0.4 is 10.2 Å².